The number of ketones is 4. The van der Waals surface area contributed by atoms with E-state index in [0.717, 1.165) is 39.0 Å². The first-order chi connectivity index (χ1) is 56.1. The van der Waals surface area contributed by atoms with Crippen molar-refractivity contribution in [1.29, 1.82) is 0 Å². The number of para-hydroxylation sites is 2. The number of aliphatic hydroxyl groups excluding tert-OH is 1. The van der Waals surface area contributed by atoms with E-state index < -0.39 is 256 Å². The average Bonchev–Trinajstić information content (AvgIpc) is 1.67. The van der Waals surface area contributed by atoms with Gasteiger partial charge in [-0.3, -0.25) is 86.3 Å². The van der Waals surface area contributed by atoms with Crippen LogP contribution in [0, 0.1) is 30.6 Å². The molecule has 19 N–H and O–H groups in total. The number of primary amides is 1. The number of Topliss-reactive ketones (excluding diaryl/α,β-unsaturated/α-hetero) is 4. The number of hydrogen-bond donors (Lipinski definition) is 17. The number of ether oxygens (including phenoxy) is 3. The molecule has 39 heteroatoms. The van der Waals surface area contributed by atoms with Crippen LogP contribution in [0.2, 0.25) is 0 Å². The molecule has 648 valence electrons. The van der Waals surface area contributed by atoms with Gasteiger partial charge in [-0.1, -0.05) is 89.3 Å². The van der Waals surface area contributed by atoms with E-state index in [1.165, 1.54) is 32.0 Å². The number of carboxylic acids is 2. The molecule has 0 aliphatic carbocycles. The molecule has 1 fully saturated rings. The summed E-state index contributed by atoms with van der Waals surface area (Å²) < 4.78 is 15.6. The number of anilines is 1. The first-order valence-electron chi connectivity index (χ1n) is 39.0. The van der Waals surface area contributed by atoms with Crippen LogP contribution in [-0.4, -0.2) is 234 Å². The van der Waals surface area contributed by atoms with Gasteiger partial charge in [0.2, 0.25) is 59.1 Å². The van der Waals surface area contributed by atoms with Crippen LogP contribution in [0.25, 0.3) is 10.9 Å². The molecule has 10 amide bonds. The van der Waals surface area contributed by atoms with Crippen LogP contribution in [-0.2, 0) is 107 Å². The number of carboxylic acid groups (broad SMARTS) is 2. The number of fused-ring (bicyclic) bond motifs is 1. The molecule has 0 spiro atoms. The van der Waals surface area contributed by atoms with E-state index in [0.29, 0.717) is 35.0 Å². The predicted molar refractivity (Wildman–Crippen MR) is 422 cm³/mol. The topological polar surface area (TPSA) is 613 Å². The number of esters is 1. The van der Waals surface area contributed by atoms with Gasteiger partial charge in [0.1, 0.15) is 55.6 Å². The number of nitrogens with two attached hydrogens (primary N) is 2. The van der Waals surface area contributed by atoms with Crippen LogP contribution in [0.1, 0.15) is 165 Å². The van der Waals surface area contributed by atoms with Gasteiger partial charge >= 0.3 is 17.9 Å². The van der Waals surface area contributed by atoms with Gasteiger partial charge in [0.15, 0.2) is 23.1 Å². The molecule has 118 heavy (non-hydrogen) atoms. The highest BCUT2D eigenvalue weighted by Crippen LogP contribution is 2.27. The number of amides is 10. The van der Waals surface area contributed by atoms with E-state index in [4.69, 9.17) is 25.7 Å². The number of carbonyl (C=O) groups excluding carboxylic acids is 17. The van der Waals surface area contributed by atoms with Crippen LogP contribution in [0.4, 0.5) is 5.69 Å². The minimum atomic E-state index is -2.34. The average molecular weight is 1660 g/mol. The summed E-state index contributed by atoms with van der Waals surface area (Å²) in [6, 6.07) is -1.24. The minimum Gasteiger partial charge on any atom is -0.481 e. The van der Waals surface area contributed by atoms with Gasteiger partial charge in [-0.05, 0) is 83.2 Å². The zero-order valence-corrected chi connectivity index (χ0v) is 67.1. The normalized spacial score (nSPS) is 21.0. The summed E-state index contributed by atoms with van der Waals surface area (Å²) in [5, 5.41) is 58.6. The smallest absolute Gasteiger partial charge is 0.329 e. The Hall–Kier alpha value is -12.0. The van der Waals surface area contributed by atoms with Crippen molar-refractivity contribution in [3.63, 3.8) is 0 Å². The summed E-state index contributed by atoms with van der Waals surface area (Å²) in [6.45, 7) is 8.31. The molecule has 2 heterocycles. The molecule has 1 aromatic heterocycles. The molecule has 1 aliphatic rings. The monoisotopic (exact) mass is 1660 g/mol. The summed E-state index contributed by atoms with van der Waals surface area (Å²) in [7, 11) is 0. The third-order valence-corrected chi connectivity index (χ3v) is 19.6. The van der Waals surface area contributed by atoms with Crippen molar-refractivity contribution in [2.24, 2.45) is 35.1 Å². The van der Waals surface area contributed by atoms with Crippen molar-refractivity contribution < 1.29 is 121 Å². The number of aliphatic carboxylic acids is 2. The summed E-state index contributed by atoms with van der Waals surface area (Å²) >= 11 is 0. The molecule has 2 aromatic carbocycles. The number of nitrogens with one attached hydrogen (secondary N) is 12. The molecule has 0 unspecified atom stereocenters. The number of cyclic esters (lactones) is 1. The number of H-pyrrole nitrogens is 1. The molecule has 0 radical (unpaired) electrons. The van der Waals surface area contributed by atoms with Crippen molar-refractivity contribution in [2.45, 2.75) is 212 Å². The first-order valence-corrected chi connectivity index (χ1v) is 39.0. The molecular weight excluding hydrogens is 1540 g/mol. The van der Waals surface area contributed by atoms with Crippen molar-refractivity contribution in [2.75, 3.05) is 51.3 Å². The molecule has 3 aromatic rings. The summed E-state index contributed by atoms with van der Waals surface area (Å²) in [5.74, 6) is -27.0. The number of hydrogen-bond acceptors (Lipinski definition) is 26. The van der Waals surface area contributed by atoms with E-state index in [2.05, 4.69) is 77.0 Å². The van der Waals surface area contributed by atoms with Crippen molar-refractivity contribution >= 4 is 130 Å². The molecule has 13 atom stereocenters. The van der Waals surface area contributed by atoms with E-state index in [-0.39, 0.29) is 68.7 Å². The predicted octanol–water partition coefficient (Wildman–Crippen LogP) is -0.808. The van der Waals surface area contributed by atoms with Crippen molar-refractivity contribution in [3.8, 4) is 0 Å². The minimum absolute atomic E-state index is 0.00848. The van der Waals surface area contributed by atoms with E-state index in [1.54, 1.807) is 44.2 Å². The lowest BCUT2D eigenvalue weighted by Crippen LogP contribution is -2.57. The van der Waals surface area contributed by atoms with E-state index >= 15 is 4.79 Å². The third-order valence-electron chi connectivity index (χ3n) is 19.6. The second-order valence-electron chi connectivity index (χ2n) is 28.9. The van der Waals surface area contributed by atoms with Crippen LogP contribution in [0.3, 0.4) is 0 Å². The standard InChI is InChI=1S/C79H112N14O25/c1-8-10-11-12-13-14-15-26-67(102)88-58(32-53-44(4)85-55-24-19-16-21-50(53)55)77(113)90-57(35-66(81)101)64(99)29-48(31-71(107)108)74(110)93-72-47(7)118-79(115)59(34-62(97)51-22-17-18-23-54(51)82-9-2)91-76(112)52(43(3)28-70(105)106)33-65(100)60(38-94)89-68(103)36-83-45(5)61(40-117-42-96)92-73(109)46(6)86-75(111)49(39-116-41-95)30-63(98)56(25-20-27-80)87-69(104)37-84-78(72)114/h16-19,21-24,41-43,46-49,52,56-61,72,82-83,85,94H,5,8-15,20,25-40,80H2,1-4,6-7H3,(H2,81,101)(H,84,114)(H,86,111)(H,87,104)(H,88,102)(H,89,103)(H,90,113)(H,91,112)(H,92,109)(H,93,110)(H,105,106)(H,107,108)/t43-,46-,47-,48+,49+,52+,56+,57-,58+,59+,60-,61+,72+/m1/s1. The maximum Gasteiger partial charge on any atom is 0.329 e. The summed E-state index contributed by atoms with van der Waals surface area (Å²) in [4.78, 5) is 265. The molecular formula is C79H112N14O25. The molecule has 1 saturated heterocycles. The van der Waals surface area contributed by atoms with Crippen molar-refractivity contribution in [3.05, 3.63) is 77.6 Å². The summed E-state index contributed by atoms with van der Waals surface area (Å²) in [5.41, 5.74) is 13.3. The highest BCUT2D eigenvalue weighted by Gasteiger charge is 2.41. The molecule has 0 bridgehead atoms. The van der Waals surface area contributed by atoms with Gasteiger partial charge in [0.25, 0.3) is 12.9 Å². The molecule has 1 aliphatic heterocycles. The second kappa shape index (κ2) is 51.1. The lowest BCUT2D eigenvalue weighted by atomic mass is 9.84. The SMILES string of the molecule is C=C1NCC(=O)N[C@H](CO)C(=O)C[C@@H]([C@H](C)CC(=O)O)C(=O)N[C@@H](CC(=O)c2ccccc2NCC)C(=O)O[C@H](C)[C@H](NC(=O)[C@H](CC(=O)O)CC(=O)[C@@H](CC(N)=O)NC(=O)[C@H](Cc2c(C)[nH]c3ccccc23)NC(=O)CCCCCCCCC)C(=O)NCC(=O)N[C@@H](CCCN)C(=O)C[C@@H](COC=O)C(=O)N[C@H](C)C(=O)N[C@H]1COC=O. The lowest BCUT2D eigenvalue weighted by molar-refractivity contribution is -0.156. The van der Waals surface area contributed by atoms with Gasteiger partial charge in [0.05, 0.1) is 56.5 Å². The first kappa shape index (κ1) is 98.3. The number of benzene rings is 2. The Labute approximate surface area is 681 Å². The quantitative estimate of drug-likeness (QED) is 0.0109. The van der Waals surface area contributed by atoms with Crippen LogP contribution < -0.4 is 70.0 Å². The Morgan fingerprint density at radius 1 is 0.669 bits per heavy atom. The zero-order valence-electron chi connectivity index (χ0n) is 67.1. The van der Waals surface area contributed by atoms with Gasteiger partial charge in [-0.2, -0.15) is 0 Å². The maximum absolute atomic E-state index is 15.1. The van der Waals surface area contributed by atoms with Gasteiger partial charge < -0.3 is 104 Å². The lowest BCUT2D eigenvalue weighted by Gasteiger charge is -2.29. The summed E-state index contributed by atoms with van der Waals surface area (Å²) in [6.07, 6.45) is -3.40. The van der Waals surface area contributed by atoms with Gasteiger partial charge in [-0.15, -0.1) is 0 Å². The van der Waals surface area contributed by atoms with E-state index in [9.17, 15) is 102 Å². The Bertz CT molecular complexity index is 4050. The Morgan fingerprint density at radius 2 is 1.29 bits per heavy atom. The Morgan fingerprint density at radius 3 is 1.93 bits per heavy atom. The number of aryl methyl sites for hydroxylation is 1. The molecule has 0 saturated carbocycles. The van der Waals surface area contributed by atoms with Crippen LogP contribution >= 0.6 is 0 Å². The number of unbranched alkanes of at least 4 members (excludes halogenated alkanes) is 6. The van der Waals surface area contributed by atoms with E-state index in [1.807, 2.05) is 0 Å². The fourth-order valence-corrected chi connectivity index (χ4v) is 13.0. The molecule has 4 rings (SSSR count). The number of carbonyl (C=O) groups is 19. The van der Waals surface area contributed by atoms with Crippen LogP contribution in [0.5, 0.6) is 0 Å². The molecule has 39 nitrogen and oxygen atoms in total. The number of aromatic nitrogens is 1. The fraction of sp³-hybridized carbons (Fsp3) is 0.557. The Kier molecular flexibility index (Phi) is 42.6. The third kappa shape index (κ3) is 33.3. The second-order valence-corrected chi connectivity index (χ2v) is 28.9. The van der Waals surface area contributed by atoms with Gasteiger partial charge in [-0.25, -0.2) is 4.79 Å². The Balaban J connectivity index is 1.90. The maximum atomic E-state index is 15.1. The van der Waals surface area contributed by atoms with Crippen molar-refractivity contribution in [1.82, 2.24) is 58.2 Å². The number of aromatic amines is 1. The van der Waals surface area contributed by atoms with Crippen LogP contribution in [0.15, 0.2) is 60.8 Å². The largest absolute Gasteiger partial charge is 0.481 e. The zero-order chi connectivity index (χ0) is 87.7. The number of rotatable bonds is 40. The number of aliphatic hydroxyl groups is 1. The van der Waals surface area contributed by atoms with Gasteiger partial charge in [0, 0.05) is 91.0 Å². The highest BCUT2D eigenvalue weighted by molar-refractivity contribution is 6.05. The fourth-order valence-electron chi connectivity index (χ4n) is 13.0. The highest BCUT2D eigenvalue weighted by atomic mass is 16.5.